The molecule has 0 spiro atoms. The van der Waals surface area contributed by atoms with Crippen molar-refractivity contribution in [2.45, 2.75) is 21.7 Å². The van der Waals surface area contributed by atoms with Crippen LogP contribution in [0.2, 0.25) is 0 Å². The molecule has 2 aromatic rings. The normalized spacial score (nSPS) is 13.5. The first kappa shape index (κ1) is 19.3. The lowest BCUT2D eigenvalue weighted by molar-refractivity contribution is 0.414. The molecule has 0 aliphatic carbocycles. The minimum atomic E-state index is -3.86. The SMILES string of the molecule is COc1ccc(C(NS(=O)(=O)c2ccc(C)cc2)C(Cl)(Cl)Cl)cc1. The quantitative estimate of drug-likeness (QED) is 0.746. The Morgan fingerprint density at radius 3 is 2.00 bits per heavy atom. The van der Waals surface area contributed by atoms with Crippen molar-refractivity contribution in [3.05, 3.63) is 59.7 Å². The molecule has 130 valence electrons. The van der Waals surface area contributed by atoms with Crippen LogP contribution in [0.4, 0.5) is 0 Å². The van der Waals surface area contributed by atoms with E-state index < -0.39 is 19.9 Å². The third-order valence-electron chi connectivity index (χ3n) is 3.38. The first-order chi connectivity index (χ1) is 11.1. The van der Waals surface area contributed by atoms with Gasteiger partial charge in [-0.3, -0.25) is 0 Å². The zero-order valence-electron chi connectivity index (χ0n) is 13.0. The highest BCUT2D eigenvalue weighted by Gasteiger charge is 2.37. The molecule has 0 amide bonds. The largest absolute Gasteiger partial charge is 0.497 e. The van der Waals surface area contributed by atoms with Crippen molar-refractivity contribution in [3.8, 4) is 5.75 Å². The molecule has 2 aromatic carbocycles. The summed E-state index contributed by atoms with van der Waals surface area (Å²) in [6.07, 6.45) is 0. The van der Waals surface area contributed by atoms with E-state index >= 15 is 0 Å². The highest BCUT2D eigenvalue weighted by molar-refractivity contribution is 7.89. The average Bonchev–Trinajstić information content (AvgIpc) is 2.52. The fraction of sp³-hybridized carbons (Fsp3) is 0.250. The predicted molar refractivity (Wildman–Crippen MR) is 97.5 cm³/mol. The molecule has 0 aliphatic heterocycles. The van der Waals surface area contributed by atoms with Gasteiger partial charge in [0.1, 0.15) is 5.75 Å². The van der Waals surface area contributed by atoms with E-state index in [4.69, 9.17) is 39.5 Å². The summed E-state index contributed by atoms with van der Waals surface area (Å²) in [5.74, 6) is 0.614. The molecule has 0 bridgehead atoms. The zero-order valence-corrected chi connectivity index (χ0v) is 16.0. The van der Waals surface area contributed by atoms with Crippen molar-refractivity contribution < 1.29 is 13.2 Å². The van der Waals surface area contributed by atoms with Crippen LogP contribution in [0, 0.1) is 6.92 Å². The second kappa shape index (κ2) is 7.50. The number of benzene rings is 2. The van der Waals surface area contributed by atoms with Crippen molar-refractivity contribution >= 4 is 44.8 Å². The molecule has 8 heteroatoms. The van der Waals surface area contributed by atoms with Crippen LogP contribution in [0.25, 0.3) is 0 Å². The molecular formula is C16H16Cl3NO3S. The van der Waals surface area contributed by atoms with Crippen molar-refractivity contribution in [1.29, 1.82) is 0 Å². The molecule has 0 radical (unpaired) electrons. The molecule has 1 atom stereocenters. The Kier molecular flexibility index (Phi) is 6.04. The van der Waals surface area contributed by atoms with Gasteiger partial charge in [-0.2, -0.15) is 4.72 Å². The molecule has 0 saturated heterocycles. The summed E-state index contributed by atoms with van der Waals surface area (Å²) in [7, 11) is -2.33. The van der Waals surface area contributed by atoms with E-state index in [1.807, 2.05) is 6.92 Å². The topological polar surface area (TPSA) is 55.4 Å². The average molecular weight is 409 g/mol. The Balaban J connectivity index is 2.36. The second-order valence-electron chi connectivity index (χ2n) is 5.18. The van der Waals surface area contributed by atoms with Gasteiger partial charge in [-0.1, -0.05) is 64.6 Å². The number of methoxy groups -OCH3 is 1. The number of aryl methyl sites for hydroxylation is 1. The lowest BCUT2D eigenvalue weighted by Crippen LogP contribution is -2.36. The molecule has 0 aromatic heterocycles. The van der Waals surface area contributed by atoms with Gasteiger partial charge < -0.3 is 4.74 Å². The fourth-order valence-electron chi connectivity index (χ4n) is 2.06. The Hall–Kier alpha value is -0.980. The van der Waals surface area contributed by atoms with Crippen molar-refractivity contribution in [2.75, 3.05) is 7.11 Å². The van der Waals surface area contributed by atoms with Gasteiger partial charge in [0.05, 0.1) is 18.0 Å². The van der Waals surface area contributed by atoms with Crippen LogP contribution < -0.4 is 9.46 Å². The summed E-state index contributed by atoms with van der Waals surface area (Å²) in [6, 6.07) is 12.0. The first-order valence-electron chi connectivity index (χ1n) is 6.93. The standard InChI is InChI=1S/C16H16Cl3NO3S/c1-11-3-9-14(10-4-11)24(21,22)20-15(16(17,18)19)12-5-7-13(23-2)8-6-12/h3-10,15,20H,1-2H3. The molecule has 2 rings (SSSR count). The van der Waals surface area contributed by atoms with Crippen LogP contribution in [-0.2, 0) is 10.0 Å². The van der Waals surface area contributed by atoms with Crippen LogP contribution >= 0.6 is 34.8 Å². The summed E-state index contributed by atoms with van der Waals surface area (Å²) < 4.78 is 30.8. The van der Waals surface area contributed by atoms with Crippen molar-refractivity contribution in [2.24, 2.45) is 0 Å². The maximum absolute atomic E-state index is 12.6. The highest BCUT2D eigenvalue weighted by Crippen LogP contribution is 2.41. The molecule has 1 N–H and O–H groups in total. The number of sulfonamides is 1. The molecule has 0 aliphatic rings. The number of nitrogens with one attached hydrogen (secondary N) is 1. The smallest absolute Gasteiger partial charge is 0.241 e. The number of alkyl halides is 3. The van der Waals surface area contributed by atoms with Gasteiger partial charge in [0, 0.05) is 0 Å². The maximum atomic E-state index is 12.6. The third-order valence-corrected chi connectivity index (χ3v) is 5.47. The molecule has 1 unspecified atom stereocenters. The van der Waals surface area contributed by atoms with E-state index in [9.17, 15) is 8.42 Å². The van der Waals surface area contributed by atoms with Gasteiger partial charge in [-0.15, -0.1) is 0 Å². The maximum Gasteiger partial charge on any atom is 0.241 e. The molecule has 0 saturated carbocycles. The lowest BCUT2D eigenvalue weighted by atomic mass is 10.1. The van der Waals surface area contributed by atoms with Crippen molar-refractivity contribution in [1.82, 2.24) is 4.72 Å². The van der Waals surface area contributed by atoms with Crippen LogP contribution in [0.3, 0.4) is 0 Å². The Morgan fingerprint density at radius 2 is 1.54 bits per heavy atom. The summed E-state index contributed by atoms with van der Waals surface area (Å²) in [4.78, 5) is 0.0980. The fourth-order valence-corrected chi connectivity index (χ4v) is 4.05. The monoisotopic (exact) mass is 407 g/mol. The summed E-state index contributed by atoms with van der Waals surface area (Å²) in [5.41, 5.74) is 1.45. The lowest BCUT2D eigenvalue weighted by Gasteiger charge is -2.26. The minimum absolute atomic E-state index is 0.0980. The van der Waals surface area contributed by atoms with E-state index in [-0.39, 0.29) is 4.90 Å². The third kappa shape index (κ3) is 4.77. The molecule has 4 nitrogen and oxygen atoms in total. The Labute approximate surface area is 156 Å². The van der Waals surface area contributed by atoms with Gasteiger partial charge in [-0.05, 0) is 36.8 Å². The number of ether oxygens (including phenoxy) is 1. The van der Waals surface area contributed by atoms with Gasteiger partial charge in [0.25, 0.3) is 0 Å². The van der Waals surface area contributed by atoms with E-state index in [1.165, 1.54) is 19.2 Å². The Morgan fingerprint density at radius 1 is 1.00 bits per heavy atom. The van der Waals surface area contributed by atoms with Gasteiger partial charge >= 0.3 is 0 Å². The number of halogens is 3. The summed E-state index contributed by atoms with van der Waals surface area (Å²) in [5, 5.41) is 0. The first-order valence-corrected chi connectivity index (χ1v) is 9.55. The summed E-state index contributed by atoms with van der Waals surface area (Å²) in [6.45, 7) is 1.87. The molecule has 24 heavy (non-hydrogen) atoms. The van der Waals surface area contributed by atoms with Gasteiger partial charge in [0.2, 0.25) is 13.8 Å². The number of hydrogen-bond donors (Lipinski definition) is 1. The molecule has 0 heterocycles. The number of hydrogen-bond acceptors (Lipinski definition) is 3. The van der Waals surface area contributed by atoms with Crippen LogP contribution in [0.5, 0.6) is 5.75 Å². The predicted octanol–water partition coefficient (Wildman–Crippen LogP) is 4.39. The van der Waals surface area contributed by atoms with E-state index in [1.54, 1.807) is 36.4 Å². The van der Waals surface area contributed by atoms with Crippen LogP contribution in [0.1, 0.15) is 17.2 Å². The van der Waals surface area contributed by atoms with E-state index in [2.05, 4.69) is 4.72 Å². The Bertz CT molecular complexity index is 785. The zero-order chi connectivity index (χ0) is 18.0. The van der Waals surface area contributed by atoms with Gasteiger partial charge in [-0.25, -0.2) is 8.42 Å². The minimum Gasteiger partial charge on any atom is -0.497 e. The van der Waals surface area contributed by atoms with Crippen molar-refractivity contribution in [3.63, 3.8) is 0 Å². The summed E-state index contributed by atoms with van der Waals surface area (Å²) >= 11 is 18.0. The second-order valence-corrected chi connectivity index (χ2v) is 9.27. The van der Waals surface area contributed by atoms with E-state index in [0.29, 0.717) is 11.3 Å². The molecule has 0 fully saturated rings. The molecular weight excluding hydrogens is 393 g/mol. The van der Waals surface area contributed by atoms with Crippen LogP contribution in [-0.4, -0.2) is 19.3 Å². The van der Waals surface area contributed by atoms with E-state index in [0.717, 1.165) is 5.56 Å². The number of rotatable bonds is 5. The highest BCUT2D eigenvalue weighted by atomic mass is 35.6. The van der Waals surface area contributed by atoms with Gasteiger partial charge in [0.15, 0.2) is 0 Å². The van der Waals surface area contributed by atoms with Crippen LogP contribution in [0.15, 0.2) is 53.4 Å².